The van der Waals surface area contributed by atoms with Crippen LogP contribution in [-0.4, -0.2) is 17.0 Å². The predicted molar refractivity (Wildman–Crippen MR) is 65.5 cm³/mol. The second kappa shape index (κ2) is 4.79. The predicted octanol–water partition coefficient (Wildman–Crippen LogP) is 2.48. The molecule has 1 N–H and O–H groups in total. The molecule has 1 aromatic carbocycles. The highest BCUT2D eigenvalue weighted by molar-refractivity contribution is 5.84. The largest absolute Gasteiger partial charge is 0.386 e. The fourth-order valence-electron chi connectivity index (χ4n) is 1.47. The lowest BCUT2D eigenvalue weighted by Gasteiger charge is -2.19. The first-order chi connectivity index (χ1) is 7.30. The Kier molecular flexibility index (Phi) is 3.87. The number of carbonyl (C=O) groups excluding carboxylic acids is 1. The molecule has 0 aromatic heterocycles. The zero-order chi connectivity index (χ0) is 12.3. The van der Waals surface area contributed by atoms with E-state index in [-0.39, 0.29) is 11.2 Å². The van der Waals surface area contributed by atoms with Crippen molar-refractivity contribution in [2.24, 2.45) is 0 Å². The standard InChI is InChI=1S/C14H20O2/c1-10(15)13(16)9-11-5-7-12(8-6-11)14(2,3)4/h5-8,10,15H,9H2,1-4H3. The Bertz CT molecular complexity index is 355. The summed E-state index contributed by atoms with van der Waals surface area (Å²) in [5.74, 6) is -0.136. The molecule has 1 atom stereocenters. The van der Waals surface area contributed by atoms with Gasteiger partial charge in [-0.1, -0.05) is 45.0 Å². The van der Waals surface area contributed by atoms with Crippen LogP contribution in [-0.2, 0) is 16.6 Å². The van der Waals surface area contributed by atoms with Gasteiger partial charge >= 0.3 is 0 Å². The van der Waals surface area contributed by atoms with Crippen LogP contribution in [0.3, 0.4) is 0 Å². The maximum atomic E-state index is 11.3. The van der Waals surface area contributed by atoms with Crippen LogP contribution in [0.1, 0.15) is 38.8 Å². The first-order valence-corrected chi connectivity index (χ1v) is 5.61. The van der Waals surface area contributed by atoms with E-state index in [4.69, 9.17) is 5.11 Å². The summed E-state index contributed by atoms with van der Waals surface area (Å²) in [7, 11) is 0. The maximum Gasteiger partial charge on any atom is 0.165 e. The molecule has 0 aliphatic carbocycles. The van der Waals surface area contributed by atoms with Gasteiger partial charge in [-0.3, -0.25) is 4.79 Å². The molecule has 16 heavy (non-hydrogen) atoms. The Morgan fingerprint density at radius 2 is 1.75 bits per heavy atom. The SMILES string of the molecule is CC(O)C(=O)Cc1ccc(C(C)(C)C)cc1. The van der Waals surface area contributed by atoms with Crippen molar-refractivity contribution in [2.75, 3.05) is 0 Å². The van der Waals surface area contributed by atoms with Crippen molar-refractivity contribution < 1.29 is 9.90 Å². The number of ketones is 1. The van der Waals surface area contributed by atoms with Gasteiger partial charge in [0, 0.05) is 6.42 Å². The Labute approximate surface area is 97.3 Å². The van der Waals surface area contributed by atoms with Crippen LogP contribution in [0.2, 0.25) is 0 Å². The van der Waals surface area contributed by atoms with E-state index in [0.717, 1.165) is 5.56 Å². The minimum absolute atomic E-state index is 0.132. The molecule has 88 valence electrons. The summed E-state index contributed by atoms with van der Waals surface area (Å²) >= 11 is 0. The molecule has 0 saturated heterocycles. The molecule has 0 aliphatic heterocycles. The third-order valence-corrected chi connectivity index (χ3v) is 2.66. The lowest BCUT2D eigenvalue weighted by Crippen LogP contribution is -2.18. The molecule has 0 fully saturated rings. The molecule has 0 amide bonds. The Morgan fingerprint density at radius 1 is 1.25 bits per heavy atom. The normalized spacial score (nSPS) is 13.6. The summed E-state index contributed by atoms with van der Waals surface area (Å²) < 4.78 is 0. The van der Waals surface area contributed by atoms with Crippen LogP contribution in [0.5, 0.6) is 0 Å². The topological polar surface area (TPSA) is 37.3 Å². The fourth-order valence-corrected chi connectivity index (χ4v) is 1.47. The molecule has 1 unspecified atom stereocenters. The highest BCUT2D eigenvalue weighted by atomic mass is 16.3. The molecule has 0 radical (unpaired) electrons. The Morgan fingerprint density at radius 3 is 2.12 bits per heavy atom. The van der Waals surface area contributed by atoms with Gasteiger partial charge in [0.05, 0.1) is 0 Å². The van der Waals surface area contributed by atoms with Crippen LogP contribution in [0.25, 0.3) is 0 Å². The number of aliphatic hydroxyl groups is 1. The average Bonchev–Trinajstić information content (AvgIpc) is 2.17. The van der Waals surface area contributed by atoms with Crippen LogP contribution in [0.4, 0.5) is 0 Å². The van der Waals surface area contributed by atoms with Gasteiger partial charge < -0.3 is 5.11 Å². The van der Waals surface area contributed by atoms with Gasteiger partial charge in [-0.15, -0.1) is 0 Å². The lowest BCUT2D eigenvalue weighted by atomic mass is 9.86. The minimum atomic E-state index is -0.873. The van der Waals surface area contributed by atoms with Crippen molar-refractivity contribution in [2.45, 2.75) is 45.6 Å². The molecular formula is C14H20O2. The molecule has 2 nitrogen and oxygen atoms in total. The second-order valence-electron chi connectivity index (χ2n) is 5.27. The molecule has 0 spiro atoms. The minimum Gasteiger partial charge on any atom is -0.386 e. The molecular weight excluding hydrogens is 200 g/mol. The van der Waals surface area contributed by atoms with E-state index >= 15 is 0 Å². The molecule has 0 saturated carbocycles. The van der Waals surface area contributed by atoms with Crippen molar-refractivity contribution in [1.82, 2.24) is 0 Å². The third kappa shape index (κ3) is 3.46. The van der Waals surface area contributed by atoms with E-state index in [1.54, 1.807) is 0 Å². The number of aliphatic hydroxyl groups excluding tert-OH is 1. The number of benzene rings is 1. The number of Topliss-reactive ketones (excluding diaryl/α,β-unsaturated/α-hetero) is 1. The van der Waals surface area contributed by atoms with E-state index < -0.39 is 6.10 Å². The van der Waals surface area contributed by atoms with E-state index in [0.29, 0.717) is 6.42 Å². The van der Waals surface area contributed by atoms with E-state index in [1.807, 2.05) is 24.3 Å². The number of hydrogen-bond acceptors (Lipinski definition) is 2. The second-order valence-corrected chi connectivity index (χ2v) is 5.27. The van der Waals surface area contributed by atoms with Crippen LogP contribution in [0, 0.1) is 0 Å². The average molecular weight is 220 g/mol. The van der Waals surface area contributed by atoms with Gasteiger partial charge in [-0.25, -0.2) is 0 Å². The smallest absolute Gasteiger partial charge is 0.165 e. The van der Waals surface area contributed by atoms with Crippen molar-refractivity contribution in [3.63, 3.8) is 0 Å². The maximum absolute atomic E-state index is 11.3. The van der Waals surface area contributed by atoms with Gasteiger partial charge in [0.15, 0.2) is 5.78 Å². The first kappa shape index (κ1) is 12.9. The molecule has 0 bridgehead atoms. The number of carbonyl (C=O) groups is 1. The third-order valence-electron chi connectivity index (χ3n) is 2.66. The van der Waals surface area contributed by atoms with Crippen molar-refractivity contribution in [1.29, 1.82) is 0 Å². The highest BCUT2D eigenvalue weighted by Gasteiger charge is 2.14. The molecule has 1 rings (SSSR count). The summed E-state index contributed by atoms with van der Waals surface area (Å²) in [6.07, 6.45) is -0.565. The molecule has 1 aromatic rings. The summed E-state index contributed by atoms with van der Waals surface area (Å²) in [5, 5.41) is 9.12. The zero-order valence-electron chi connectivity index (χ0n) is 10.4. The van der Waals surface area contributed by atoms with Crippen LogP contribution in [0.15, 0.2) is 24.3 Å². The van der Waals surface area contributed by atoms with Gasteiger partial charge in [0.25, 0.3) is 0 Å². The van der Waals surface area contributed by atoms with Gasteiger partial charge in [-0.05, 0) is 23.5 Å². The lowest BCUT2D eigenvalue weighted by molar-refractivity contribution is -0.125. The monoisotopic (exact) mass is 220 g/mol. The summed E-state index contributed by atoms with van der Waals surface area (Å²) in [6, 6.07) is 8.01. The van der Waals surface area contributed by atoms with E-state index in [1.165, 1.54) is 12.5 Å². The summed E-state index contributed by atoms with van der Waals surface area (Å²) in [6.45, 7) is 7.97. The van der Waals surface area contributed by atoms with Gasteiger partial charge in [-0.2, -0.15) is 0 Å². The van der Waals surface area contributed by atoms with Crippen LogP contribution >= 0.6 is 0 Å². The fraction of sp³-hybridized carbons (Fsp3) is 0.500. The van der Waals surface area contributed by atoms with Crippen molar-refractivity contribution in [3.8, 4) is 0 Å². The van der Waals surface area contributed by atoms with Crippen molar-refractivity contribution in [3.05, 3.63) is 35.4 Å². The van der Waals surface area contributed by atoms with Crippen molar-refractivity contribution >= 4 is 5.78 Å². The first-order valence-electron chi connectivity index (χ1n) is 5.61. The van der Waals surface area contributed by atoms with Crippen LogP contribution < -0.4 is 0 Å². The molecule has 0 aliphatic rings. The number of hydrogen-bond donors (Lipinski definition) is 1. The molecule has 2 heteroatoms. The zero-order valence-corrected chi connectivity index (χ0v) is 10.4. The Balaban J connectivity index is 2.76. The van der Waals surface area contributed by atoms with E-state index in [9.17, 15) is 4.79 Å². The van der Waals surface area contributed by atoms with Gasteiger partial charge in [0.2, 0.25) is 0 Å². The van der Waals surface area contributed by atoms with E-state index in [2.05, 4.69) is 20.8 Å². The highest BCUT2D eigenvalue weighted by Crippen LogP contribution is 2.22. The summed E-state index contributed by atoms with van der Waals surface area (Å²) in [5.41, 5.74) is 2.34. The number of rotatable bonds is 3. The van der Waals surface area contributed by atoms with Gasteiger partial charge in [0.1, 0.15) is 6.10 Å². The summed E-state index contributed by atoms with van der Waals surface area (Å²) in [4.78, 5) is 11.3. The Hall–Kier alpha value is -1.15. The quantitative estimate of drug-likeness (QED) is 0.849. The molecule has 0 heterocycles.